The van der Waals surface area contributed by atoms with Crippen LogP contribution in [0.1, 0.15) is 45.5 Å². The highest BCUT2D eigenvalue weighted by Gasteiger charge is 2.44. The van der Waals surface area contributed by atoms with Crippen molar-refractivity contribution >= 4 is 34.2 Å². The molecule has 5 nitrogen and oxygen atoms in total. The maximum Gasteiger partial charge on any atom is 0.253 e. The van der Waals surface area contributed by atoms with Crippen molar-refractivity contribution in [3.05, 3.63) is 64.3 Å². The molecule has 5 rings (SSSR count). The van der Waals surface area contributed by atoms with Crippen molar-refractivity contribution in [1.82, 2.24) is 9.88 Å². The number of benzene rings is 2. The number of amides is 1. The number of ether oxygens (including phenoxy) is 1. The molecule has 148 valence electrons. The number of nitrogens with zero attached hydrogens (tertiary/aromatic N) is 1. The summed E-state index contributed by atoms with van der Waals surface area (Å²) in [5.41, 5.74) is 2.62. The molecule has 6 heteroatoms. The second-order valence-electron chi connectivity index (χ2n) is 8.05. The van der Waals surface area contributed by atoms with Crippen molar-refractivity contribution in [3.8, 4) is 5.75 Å². The van der Waals surface area contributed by atoms with Crippen molar-refractivity contribution in [2.45, 2.75) is 31.8 Å². The SMILES string of the molecule is Cc1cc2c(cc1Cl)C(=O)CC1(CCN(C(=O)c3ccc4[nH]ccc4c3)CC1)O2. The van der Waals surface area contributed by atoms with Crippen LogP contribution in [0.3, 0.4) is 0 Å². The summed E-state index contributed by atoms with van der Waals surface area (Å²) < 4.78 is 6.33. The van der Waals surface area contributed by atoms with E-state index in [4.69, 9.17) is 16.3 Å². The molecular weight excluding hydrogens is 388 g/mol. The van der Waals surface area contributed by atoms with Crippen LogP contribution in [0, 0.1) is 6.92 Å². The smallest absolute Gasteiger partial charge is 0.253 e. The van der Waals surface area contributed by atoms with Gasteiger partial charge in [0.25, 0.3) is 5.91 Å². The van der Waals surface area contributed by atoms with Crippen LogP contribution in [-0.4, -0.2) is 40.3 Å². The number of carbonyl (C=O) groups excluding carboxylic acids is 2. The van der Waals surface area contributed by atoms with Crippen molar-refractivity contribution in [3.63, 3.8) is 0 Å². The molecule has 0 bridgehead atoms. The van der Waals surface area contributed by atoms with Crippen molar-refractivity contribution < 1.29 is 14.3 Å². The molecule has 0 unspecified atom stereocenters. The van der Waals surface area contributed by atoms with Crippen LogP contribution in [0.15, 0.2) is 42.6 Å². The van der Waals surface area contributed by atoms with E-state index in [0.29, 0.717) is 54.3 Å². The summed E-state index contributed by atoms with van der Waals surface area (Å²) in [6.07, 6.45) is 3.47. The molecule has 3 aromatic rings. The number of H-pyrrole nitrogens is 1. The maximum atomic E-state index is 13.0. The van der Waals surface area contributed by atoms with Gasteiger partial charge in [0.2, 0.25) is 0 Å². The first-order valence-corrected chi connectivity index (χ1v) is 10.2. The van der Waals surface area contributed by atoms with Crippen molar-refractivity contribution in [2.24, 2.45) is 0 Å². The Bertz CT molecular complexity index is 1140. The second kappa shape index (κ2) is 6.63. The average molecular weight is 409 g/mol. The number of aromatic amines is 1. The number of rotatable bonds is 1. The van der Waals surface area contributed by atoms with Gasteiger partial charge in [-0.15, -0.1) is 0 Å². The molecule has 0 aliphatic carbocycles. The Labute approximate surface area is 173 Å². The van der Waals surface area contributed by atoms with E-state index in [1.165, 1.54) is 0 Å². The summed E-state index contributed by atoms with van der Waals surface area (Å²) in [6, 6.07) is 11.2. The molecule has 1 aromatic heterocycles. The first kappa shape index (κ1) is 18.3. The number of ketones is 1. The molecule has 0 atom stereocenters. The van der Waals surface area contributed by atoms with E-state index in [1.54, 1.807) is 6.07 Å². The lowest BCUT2D eigenvalue weighted by Crippen LogP contribution is -2.52. The van der Waals surface area contributed by atoms with Crippen molar-refractivity contribution in [1.29, 1.82) is 0 Å². The van der Waals surface area contributed by atoms with Crippen LogP contribution in [0.2, 0.25) is 5.02 Å². The molecule has 0 radical (unpaired) electrons. The van der Waals surface area contributed by atoms with Crippen molar-refractivity contribution in [2.75, 3.05) is 13.1 Å². The Balaban J connectivity index is 1.33. The minimum atomic E-state index is -0.536. The number of carbonyl (C=O) groups is 2. The van der Waals surface area contributed by atoms with E-state index < -0.39 is 5.60 Å². The van der Waals surface area contributed by atoms with Gasteiger partial charge in [0.1, 0.15) is 11.4 Å². The number of aromatic nitrogens is 1. The Morgan fingerprint density at radius 3 is 2.76 bits per heavy atom. The lowest BCUT2D eigenvalue weighted by Gasteiger charge is -2.44. The minimum absolute atomic E-state index is 0.0214. The number of likely N-dealkylation sites (tertiary alicyclic amines) is 1. The van der Waals surface area contributed by atoms with Gasteiger partial charge >= 0.3 is 0 Å². The van der Waals surface area contributed by atoms with E-state index in [9.17, 15) is 9.59 Å². The van der Waals surface area contributed by atoms with E-state index >= 15 is 0 Å². The van der Waals surface area contributed by atoms with E-state index in [-0.39, 0.29) is 11.7 Å². The van der Waals surface area contributed by atoms with Crippen LogP contribution in [0.4, 0.5) is 0 Å². The molecule has 1 N–H and O–H groups in total. The minimum Gasteiger partial charge on any atom is -0.486 e. The molecule has 0 saturated carbocycles. The van der Waals surface area contributed by atoms with Gasteiger partial charge in [-0.25, -0.2) is 0 Å². The Kier molecular flexibility index (Phi) is 4.17. The Morgan fingerprint density at radius 1 is 1.17 bits per heavy atom. The predicted molar refractivity (Wildman–Crippen MR) is 112 cm³/mol. The quantitative estimate of drug-likeness (QED) is 0.630. The number of hydrogen-bond donors (Lipinski definition) is 1. The molecule has 1 amide bonds. The largest absolute Gasteiger partial charge is 0.486 e. The molecule has 2 aromatic carbocycles. The summed E-state index contributed by atoms with van der Waals surface area (Å²) in [7, 11) is 0. The fourth-order valence-electron chi connectivity index (χ4n) is 4.38. The number of halogens is 1. The molecule has 29 heavy (non-hydrogen) atoms. The molecule has 1 saturated heterocycles. The number of piperidine rings is 1. The fourth-order valence-corrected chi connectivity index (χ4v) is 4.54. The normalized spacial score (nSPS) is 18.0. The van der Waals surface area contributed by atoms with Gasteiger partial charge < -0.3 is 14.6 Å². The molecule has 3 heterocycles. The van der Waals surface area contributed by atoms with Crippen LogP contribution >= 0.6 is 11.6 Å². The highest BCUT2D eigenvalue weighted by molar-refractivity contribution is 6.31. The summed E-state index contributed by atoms with van der Waals surface area (Å²) in [5, 5.41) is 1.60. The van der Waals surface area contributed by atoms with E-state index in [1.807, 2.05) is 48.4 Å². The lowest BCUT2D eigenvalue weighted by atomic mass is 9.82. The van der Waals surface area contributed by atoms with Crippen LogP contribution < -0.4 is 4.74 Å². The third-order valence-corrected chi connectivity index (χ3v) is 6.54. The third kappa shape index (κ3) is 3.10. The average Bonchev–Trinajstić information content (AvgIpc) is 3.17. The van der Waals surface area contributed by atoms with Gasteiger partial charge in [-0.1, -0.05) is 11.6 Å². The zero-order valence-electron chi connectivity index (χ0n) is 16.1. The summed E-state index contributed by atoms with van der Waals surface area (Å²) in [6.45, 7) is 3.04. The molecule has 1 fully saturated rings. The topological polar surface area (TPSA) is 62.4 Å². The van der Waals surface area contributed by atoms with Crippen LogP contribution in [0.5, 0.6) is 5.75 Å². The summed E-state index contributed by atoms with van der Waals surface area (Å²) in [4.78, 5) is 30.7. The summed E-state index contributed by atoms with van der Waals surface area (Å²) in [5.74, 6) is 0.694. The highest BCUT2D eigenvalue weighted by Crippen LogP contribution is 2.41. The van der Waals surface area contributed by atoms with Crippen LogP contribution in [0.25, 0.3) is 10.9 Å². The van der Waals surface area contributed by atoms with E-state index in [2.05, 4.69) is 4.98 Å². The van der Waals surface area contributed by atoms with Gasteiger partial charge in [-0.3, -0.25) is 9.59 Å². The summed E-state index contributed by atoms with van der Waals surface area (Å²) >= 11 is 6.18. The molecule has 1 spiro atoms. The third-order valence-electron chi connectivity index (χ3n) is 6.13. The number of fused-ring (bicyclic) bond motifs is 2. The fraction of sp³-hybridized carbons (Fsp3) is 0.304. The Hall–Kier alpha value is -2.79. The predicted octanol–water partition coefficient (Wildman–Crippen LogP) is 4.77. The number of aryl methyl sites for hydroxylation is 1. The first-order chi connectivity index (χ1) is 13.9. The molecular formula is C23H21ClN2O3. The Morgan fingerprint density at radius 2 is 1.97 bits per heavy atom. The monoisotopic (exact) mass is 408 g/mol. The van der Waals surface area contributed by atoms with Gasteiger partial charge in [0.05, 0.1) is 12.0 Å². The number of hydrogen-bond acceptors (Lipinski definition) is 3. The maximum absolute atomic E-state index is 13.0. The second-order valence-corrected chi connectivity index (χ2v) is 8.46. The van der Waals surface area contributed by atoms with Gasteiger partial charge in [0, 0.05) is 53.6 Å². The zero-order chi connectivity index (χ0) is 20.2. The lowest BCUT2D eigenvalue weighted by molar-refractivity contribution is -0.00572. The van der Waals surface area contributed by atoms with E-state index in [0.717, 1.165) is 16.5 Å². The van der Waals surface area contributed by atoms with Gasteiger partial charge in [0.15, 0.2) is 5.78 Å². The van der Waals surface area contributed by atoms with Gasteiger partial charge in [-0.2, -0.15) is 0 Å². The highest BCUT2D eigenvalue weighted by atomic mass is 35.5. The van der Waals surface area contributed by atoms with Gasteiger partial charge in [-0.05, 0) is 48.9 Å². The number of Topliss-reactive ketones (excluding diaryl/α,β-unsaturated/α-hetero) is 1. The molecule has 2 aliphatic rings. The number of nitrogens with one attached hydrogen (secondary N) is 1. The molecule has 2 aliphatic heterocycles. The first-order valence-electron chi connectivity index (χ1n) is 9.83. The standard InChI is InChI=1S/C23H21ClN2O3/c1-14-10-21-17(12-18(14)24)20(27)13-23(29-21)5-8-26(9-6-23)22(28)16-2-3-19-15(11-16)4-7-25-19/h2-4,7,10-12,25H,5-6,8-9,13H2,1H3. The van der Waals surface area contributed by atoms with Crippen LogP contribution in [-0.2, 0) is 0 Å². The zero-order valence-corrected chi connectivity index (χ0v) is 16.9.